The molecule has 0 radical (unpaired) electrons. The van der Waals surface area contributed by atoms with Crippen molar-refractivity contribution in [2.75, 3.05) is 27.2 Å². The zero-order valence-corrected chi connectivity index (χ0v) is 18.8. The van der Waals surface area contributed by atoms with Crippen LogP contribution in [0.5, 0.6) is 5.75 Å². The van der Waals surface area contributed by atoms with Crippen molar-refractivity contribution >= 4 is 12.4 Å². The Balaban J connectivity index is 0.00000280. The number of rotatable bonds is 8. The largest absolute Gasteiger partial charge is 0.494 e. The summed E-state index contributed by atoms with van der Waals surface area (Å²) in [6.07, 6.45) is 11.7. The normalized spacial score (nSPS) is 28.3. The van der Waals surface area contributed by atoms with Gasteiger partial charge < -0.3 is 14.7 Å². The second kappa shape index (κ2) is 10.8. The van der Waals surface area contributed by atoms with E-state index in [2.05, 4.69) is 31.1 Å². The van der Waals surface area contributed by atoms with E-state index in [1.165, 1.54) is 38.5 Å². The van der Waals surface area contributed by atoms with Gasteiger partial charge in [-0.05, 0) is 69.8 Å². The maximum atomic E-state index is 11.8. The van der Waals surface area contributed by atoms with Crippen LogP contribution >= 0.6 is 12.4 Å². The van der Waals surface area contributed by atoms with E-state index in [-0.39, 0.29) is 18.3 Å². The van der Waals surface area contributed by atoms with Crippen LogP contribution in [0.1, 0.15) is 70.3 Å². The van der Waals surface area contributed by atoms with E-state index in [1.54, 1.807) is 0 Å². The predicted molar refractivity (Wildman–Crippen MR) is 119 cm³/mol. The predicted octanol–water partition coefficient (Wildman–Crippen LogP) is 5.64. The molecule has 1 aromatic carbocycles. The summed E-state index contributed by atoms with van der Waals surface area (Å²) in [7, 11) is 4.25. The molecule has 2 fully saturated rings. The van der Waals surface area contributed by atoms with Crippen LogP contribution in [0, 0.1) is 17.8 Å². The van der Waals surface area contributed by atoms with Gasteiger partial charge in [0.05, 0.1) is 12.2 Å². The molecule has 28 heavy (non-hydrogen) atoms. The van der Waals surface area contributed by atoms with Crippen LogP contribution in [-0.4, -0.2) is 37.3 Å². The zero-order valence-electron chi connectivity index (χ0n) is 18.0. The van der Waals surface area contributed by atoms with Crippen molar-refractivity contribution < 1.29 is 9.84 Å². The summed E-state index contributed by atoms with van der Waals surface area (Å²) >= 11 is 0. The highest BCUT2D eigenvalue weighted by Gasteiger charge is 2.43. The van der Waals surface area contributed by atoms with Gasteiger partial charge in [0.1, 0.15) is 5.75 Å². The first-order valence-corrected chi connectivity index (χ1v) is 11.1. The second-order valence-corrected chi connectivity index (χ2v) is 9.21. The quantitative estimate of drug-likeness (QED) is 0.602. The topological polar surface area (TPSA) is 32.7 Å². The highest BCUT2D eigenvalue weighted by atomic mass is 35.5. The third-order valence-corrected chi connectivity index (χ3v) is 6.92. The fraction of sp³-hybridized carbons (Fsp3) is 0.750. The molecule has 2 aliphatic rings. The first kappa shape index (κ1) is 23.5. The van der Waals surface area contributed by atoms with E-state index < -0.39 is 5.60 Å². The molecule has 1 N–H and O–H groups in total. The van der Waals surface area contributed by atoms with Gasteiger partial charge in [-0.15, -0.1) is 12.4 Å². The highest BCUT2D eigenvalue weighted by molar-refractivity contribution is 5.85. The van der Waals surface area contributed by atoms with Gasteiger partial charge in [0, 0.05) is 12.5 Å². The molecule has 2 saturated carbocycles. The lowest BCUT2D eigenvalue weighted by Gasteiger charge is -2.45. The van der Waals surface area contributed by atoms with Gasteiger partial charge in [0.15, 0.2) is 0 Å². The van der Waals surface area contributed by atoms with Crippen molar-refractivity contribution in [2.45, 2.75) is 70.3 Å². The summed E-state index contributed by atoms with van der Waals surface area (Å²) in [5.41, 5.74) is 0.302. The van der Waals surface area contributed by atoms with Gasteiger partial charge in [0.25, 0.3) is 0 Å². The third kappa shape index (κ3) is 5.87. The molecule has 2 aliphatic carbocycles. The molecule has 160 valence electrons. The maximum absolute atomic E-state index is 11.8. The van der Waals surface area contributed by atoms with Crippen LogP contribution < -0.4 is 4.74 Å². The fourth-order valence-electron chi connectivity index (χ4n) is 5.44. The minimum absolute atomic E-state index is 0. The Kier molecular flexibility index (Phi) is 9.11. The van der Waals surface area contributed by atoms with Crippen LogP contribution in [0.25, 0.3) is 0 Å². The smallest absolute Gasteiger partial charge is 0.119 e. The molecule has 3 atom stereocenters. The van der Waals surface area contributed by atoms with E-state index in [1.807, 2.05) is 19.1 Å². The average Bonchev–Trinajstić information content (AvgIpc) is 3.16. The fourth-order valence-corrected chi connectivity index (χ4v) is 5.44. The Bertz CT molecular complexity index is 588. The minimum atomic E-state index is -0.735. The molecule has 0 amide bonds. The molecule has 3 nitrogen and oxygen atoms in total. The summed E-state index contributed by atoms with van der Waals surface area (Å²) in [4.78, 5) is 2.24. The lowest BCUT2D eigenvalue weighted by atomic mass is 9.66. The number of halogens is 1. The Morgan fingerprint density at radius 3 is 2.50 bits per heavy atom. The number of benzene rings is 1. The van der Waals surface area contributed by atoms with Crippen molar-refractivity contribution in [1.29, 1.82) is 0 Å². The minimum Gasteiger partial charge on any atom is -0.494 e. The second-order valence-electron chi connectivity index (χ2n) is 9.21. The van der Waals surface area contributed by atoms with Gasteiger partial charge in [-0.25, -0.2) is 0 Å². The van der Waals surface area contributed by atoms with E-state index in [9.17, 15) is 5.11 Å². The van der Waals surface area contributed by atoms with Crippen LogP contribution in [0.15, 0.2) is 24.3 Å². The molecule has 3 rings (SSSR count). The van der Waals surface area contributed by atoms with E-state index in [0.717, 1.165) is 49.0 Å². The van der Waals surface area contributed by atoms with Gasteiger partial charge >= 0.3 is 0 Å². The molecule has 0 heterocycles. The van der Waals surface area contributed by atoms with Crippen LogP contribution in [-0.2, 0) is 5.60 Å². The molecule has 0 spiro atoms. The standard InChI is InChI=1S/C24H39NO2.ClH/c1-4-27-23-11-7-10-21(17-23)24(26)15-14-20(16-22(24)18-25(2)3)13-12-19-8-5-6-9-19;/h7,10-11,17,19-20,22,26H,4-6,8-9,12-16,18H2,1-3H3;1H. The Morgan fingerprint density at radius 1 is 1.11 bits per heavy atom. The van der Waals surface area contributed by atoms with E-state index in [4.69, 9.17) is 4.74 Å². The molecule has 3 unspecified atom stereocenters. The number of aliphatic hydroxyl groups is 1. The number of nitrogens with zero attached hydrogens (tertiary/aromatic N) is 1. The highest BCUT2D eigenvalue weighted by Crippen LogP contribution is 2.46. The zero-order chi connectivity index (χ0) is 19.3. The van der Waals surface area contributed by atoms with E-state index >= 15 is 0 Å². The molecule has 4 heteroatoms. The summed E-state index contributed by atoms with van der Waals surface area (Å²) in [5.74, 6) is 2.90. The van der Waals surface area contributed by atoms with E-state index in [0.29, 0.717) is 6.61 Å². The molecule has 0 saturated heterocycles. The monoisotopic (exact) mass is 409 g/mol. The third-order valence-electron chi connectivity index (χ3n) is 6.92. The van der Waals surface area contributed by atoms with Gasteiger partial charge in [-0.1, -0.05) is 50.7 Å². The van der Waals surface area contributed by atoms with Crippen LogP contribution in [0.4, 0.5) is 0 Å². The molecule has 0 bridgehead atoms. The van der Waals surface area contributed by atoms with Gasteiger partial charge in [0.2, 0.25) is 0 Å². The molecule has 1 aromatic rings. The summed E-state index contributed by atoms with van der Waals surface area (Å²) in [6, 6.07) is 8.16. The van der Waals surface area contributed by atoms with Crippen molar-refractivity contribution in [1.82, 2.24) is 4.90 Å². The average molecular weight is 410 g/mol. The number of hydrogen-bond donors (Lipinski definition) is 1. The molecule has 0 aromatic heterocycles. The van der Waals surface area contributed by atoms with Crippen molar-refractivity contribution in [3.8, 4) is 5.75 Å². The van der Waals surface area contributed by atoms with Gasteiger partial charge in [-0.3, -0.25) is 0 Å². The van der Waals surface area contributed by atoms with Crippen molar-refractivity contribution in [3.63, 3.8) is 0 Å². The van der Waals surface area contributed by atoms with Gasteiger partial charge in [-0.2, -0.15) is 0 Å². The summed E-state index contributed by atoms with van der Waals surface area (Å²) in [6.45, 7) is 3.60. The van der Waals surface area contributed by atoms with Crippen molar-refractivity contribution in [3.05, 3.63) is 29.8 Å². The summed E-state index contributed by atoms with van der Waals surface area (Å²) in [5, 5.41) is 11.8. The molecule has 0 aliphatic heterocycles. The lowest BCUT2D eigenvalue weighted by molar-refractivity contribution is -0.0767. The van der Waals surface area contributed by atoms with Crippen molar-refractivity contribution in [2.24, 2.45) is 17.8 Å². The lowest BCUT2D eigenvalue weighted by Crippen LogP contribution is -2.45. The first-order chi connectivity index (χ1) is 13.0. The summed E-state index contributed by atoms with van der Waals surface area (Å²) < 4.78 is 5.69. The SMILES string of the molecule is CCOc1cccc(C2(O)CCC(CCC3CCCC3)CC2CN(C)C)c1.Cl. The van der Waals surface area contributed by atoms with Crippen LogP contribution in [0.2, 0.25) is 0 Å². The Hall–Kier alpha value is -0.770. The Labute approximate surface area is 178 Å². The number of hydrogen-bond acceptors (Lipinski definition) is 3. The maximum Gasteiger partial charge on any atom is 0.119 e. The molecular weight excluding hydrogens is 370 g/mol. The number of ether oxygens (including phenoxy) is 1. The van der Waals surface area contributed by atoms with Crippen LogP contribution in [0.3, 0.4) is 0 Å². The first-order valence-electron chi connectivity index (χ1n) is 11.1. The Morgan fingerprint density at radius 2 is 1.82 bits per heavy atom. The molecular formula is C24H40ClNO2.